The highest BCUT2D eigenvalue weighted by Crippen LogP contribution is 2.36. The number of rotatable bonds is 5. The van der Waals surface area contributed by atoms with Crippen molar-refractivity contribution in [3.63, 3.8) is 0 Å². The molecule has 0 N–H and O–H groups in total. The number of aliphatic imine (C=N–C) groups is 1. The van der Waals surface area contributed by atoms with Gasteiger partial charge < -0.3 is 4.57 Å². The molecule has 0 radical (unpaired) electrons. The Morgan fingerprint density at radius 2 is 1.94 bits per heavy atom. The molecule has 0 unspecified atom stereocenters. The summed E-state index contributed by atoms with van der Waals surface area (Å²) in [6.45, 7) is 5.41. The van der Waals surface area contributed by atoms with E-state index in [-0.39, 0.29) is 0 Å². The molecule has 6 nitrogen and oxygen atoms in total. The second kappa shape index (κ2) is 9.92. The van der Waals surface area contributed by atoms with Crippen molar-refractivity contribution in [3.8, 4) is 29.2 Å². The summed E-state index contributed by atoms with van der Waals surface area (Å²) in [4.78, 5) is 10.4. The van der Waals surface area contributed by atoms with Crippen LogP contribution in [0.5, 0.6) is 0 Å². The number of imidazole rings is 1. The zero-order chi connectivity index (χ0) is 24.4. The van der Waals surface area contributed by atoms with Crippen molar-refractivity contribution in [2.45, 2.75) is 46.2 Å². The summed E-state index contributed by atoms with van der Waals surface area (Å²) >= 11 is 7.78. The van der Waals surface area contributed by atoms with Crippen molar-refractivity contribution in [3.05, 3.63) is 80.7 Å². The van der Waals surface area contributed by atoms with Gasteiger partial charge in [0.25, 0.3) is 0 Å². The molecule has 35 heavy (non-hydrogen) atoms. The molecule has 5 rings (SSSR count). The zero-order valence-electron chi connectivity index (χ0n) is 19.5. The second-order valence-electron chi connectivity index (χ2n) is 8.31. The van der Waals surface area contributed by atoms with Crippen molar-refractivity contribution in [2.75, 3.05) is 0 Å². The molecule has 0 bridgehead atoms. The summed E-state index contributed by atoms with van der Waals surface area (Å²) in [5, 5.41) is 10.4. The molecule has 0 amide bonds. The zero-order valence-corrected chi connectivity index (χ0v) is 21.1. The number of aryl methyl sites for hydroxylation is 2. The standard InChI is InChI=1S/C27H23ClN6S/c1-4-5-6-7-14-33-16-22(30-17-33)12-13-23-18(2)25-26(20-8-10-21(28)11-9-20)29-15-24-32-31-19(3)34(24)27(25)35-23/h1,8-11,16-17H,5-7,14-15H2,2-3H3. The van der Waals surface area contributed by atoms with Gasteiger partial charge in [-0.3, -0.25) is 9.56 Å². The molecule has 0 saturated heterocycles. The van der Waals surface area contributed by atoms with E-state index in [9.17, 15) is 0 Å². The lowest BCUT2D eigenvalue weighted by Crippen LogP contribution is -2.07. The largest absolute Gasteiger partial charge is 0.336 e. The average molecular weight is 499 g/mol. The van der Waals surface area contributed by atoms with Gasteiger partial charge >= 0.3 is 0 Å². The van der Waals surface area contributed by atoms with E-state index in [0.29, 0.717) is 11.6 Å². The van der Waals surface area contributed by atoms with E-state index in [1.54, 1.807) is 11.3 Å². The van der Waals surface area contributed by atoms with Crippen LogP contribution in [0.25, 0.3) is 5.00 Å². The fraction of sp³-hybridized carbons (Fsp3) is 0.259. The Bertz CT molecular complexity index is 1520. The number of hydrogen-bond acceptors (Lipinski definition) is 5. The molecule has 1 aliphatic rings. The molecule has 0 fully saturated rings. The maximum atomic E-state index is 6.14. The number of unbranched alkanes of at least 4 members (excludes halogenated alkanes) is 2. The lowest BCUT2D eigenvalue weighted by atomic mass is 10.00. The lowest BCUT2D eigenvalue weighted by molar-refractivity contribution is 0.617. The van der Waals surface area contributed by atoms with Crippen LogP contribution >= 0.6 is 22.9 Å². The molecular weight excluding hydrogens is 476 g/mol. The highest BCUT2D eigenvalue weighted by Gasteiger charge is 2.27. The third-order valence-corrected chi connectivity index (χ3v) is 7.33. The van der Waals surface area contributed by atoms with E-state index in [2.05, 4.69) is 49.0 Å². The topological polar surface area (TPSA) is 60.9 Å². The van der Waals surface area contributed by atoms with Gasteiger partial charge in [-0.2, -0.15) is 0 Å². The van der Waals surface area contributed by atoms with Gasteiger partial charge in [0.2, 0.25) is 0 Å². The number of hydrogen-bond donors (Lipinski definition) is 0. The maximum absolute atomic E-state index is 6.14. The van der Waals surface area contributed by atoms with Gasteiger partial charge in [-0.05, 0) is 56.2 Å². The molecule has 0 aliphatic carbocycles. The molecule has 0 saturated carbocycles. The minimum absolute atomic E-state index is 0.458. The summed E-state index contributed by atoms with van der Waals surface area (Å²) in [6, 6.07) is 7.78. The molecule has 1 aromatic carbocycles. The summed E-state index contributed by atoms with van der Waals surface area (Å²) in [5.74, 6) is 10.9. The van der Waals surface area contributed by atoms with Gasteiger partial charge in [0, 0.05) is 35.3 Å². The normalized spacial score (nSPS) is 12.1. The van der Waals surface area contributed by atoms with Gasteiger partial charge in [-0.1, -0.05) is 23.7 Å². The summed E-state index contributed by atoms with van der Waals surface area (Å²) in [6.07, 6.45) is 12.0. The first-order valence-electron chi connectivity index (χ1n) is 11.4. The number of nitrogens with zero attached hydrogens (tertiary/aromatic N) is 6. The summed E-state index contributed by atoms with van der Waals surface area (Å²) < 4.78 is 4.16. The Balaban J connectivity index is 1.52. The van der Waals surface area contributed by atoms with Gasteiger partial charge in [-0.15, -0.1) is 33.9 Å². The average Bonchev–Trinajstić information content (AvgIpc) is 3.51. The van der Waals surface area contributed by atoms with E-state index in [1.165, 1.54) is 0 Å². The first-order valence-corrected chi connectivity index (χ1v) is 12.6. The number of benzene rings is 1. The molecule has 3 aromatic heterocycles. The first kappa shape index (κ1) is 23.1. The SMILES string of the molecule is C#CCCCCn1cnc(C#Cc2sc3c(c2C)C(c2ccc(Cl)cc2)=NCc2nnc(C)n2-3)c1. The monoisotopic (exact) mass is 498 g/mol. The molecule has 0 atom stereocenters. The third kappa shape index (κ3) is 4.66. The van der Waals surface area contributed by atoms with Crippen molar-refractivity contribution in [1.82, 2.24) is 24.3 Å². The smallest absolute Gasteiger partial charge is 0.160 e. The Hall–Kier alpha value is -3.65. The number of thiophene rings is 1. The molecule has 4 aromatic rings. The minimum atomic E-state index is 0.458. The minimum Gasteiger partial charge on any atom is -0.336 e. The van der Waals surface area contributed by atoms with E-state index in [4.69, 9.17) is 23.0 Å². The van der Waals surface area contributed by atoms with Crippen molar-refractivity contribution in [1.29, 1.82) is 0 Å². The van der Waals surface area contributed by atoms with Crippen LogP contribution in [0, 0.1) is 38.0 Å². The molecule has 1 aliphatic heterocycles. The molecule has 174 valence electrons. The highest BCUT2D eigenvalue weighted by atomic mass is 35.5. The van der Waals surface area contributed by atoms with Crippen LogP contribution in [0.1, 0.15) is 58.2 Å². The molecule has 8 heteroatoms. The van der Waals surface area contributed by atoms with Gasteiger partial charge in [-0.25, -0.2) is 4.98 Å². The quantitative estimate of drug-likeness (QED) is 0.275. The highest BCUT2D eigenvalue weighted by molar-refractivity contribution is 7.15. The number of terminal acetylenes is 1. The van der Waals surface area contributed by atoms with Gasteiger partial charge in [0.15, 0.2) is 5.82 Å². The fourth-order valence-electron chi connectivity index (χ4n) is 4.09. The van der Waals surface area contributed by atoms with Crippen LogP contribution in [0.3, 0.4) is 0 Å². The Morgan fingerprint density at radius 3 is 2.74 bits per heavy atom. The number of halogens is 1. The van der Waals surface area contributed by atoms with Gasteiger partial charge in [0.05, 0.1) is 16.9 Å². The number of aromatic nitrogens is 5. The van der Waals surface area contributed by atoms with Crippen LogP contribution in [-0.4, -0.2) is 30.0 Å². The Kier molecular flexibility index (Phi) is 6.55. The molecule has 0 spiro atoms. The van der Waals surface area contributed by atoms with Crippen LogP contribution in [0.4, 0.5) is 0 Å². The predicted molar refractivity (Wildman–Crippen MR) is 140 cm³/mol. The first-order chi connectivity index (χ1) is 17.0. The van der Waals surface area contributed by atoms with Gasteiger partial charge in [0.1, 0.15) is 23.1 Å². The van der Waals surface area contributed by atoms with E-state index >= 15 is 0 Å². The predicted octanol–water partition coefficient (Wildman–Crippen LogP) is 5.35. The second-order valence-corrected chi connectivity index (χ2v) is 9.75. The fourth-order valence-corrected chi connectivity index (χ4v) is 5.45. The lowest BCUT2D eigenvalue weighted by Gasteiger charge is -2.09. The summed E-state index contributed by atoms with van der Waals surface area (Å²) in [5.41, 5.74) is 4.82. The van der Waals surface area contributed by atoms with E-state index in [0.717, 1.165) is 75.4 Å². The van der Waals surface area contributed by atoms with E-state index < -0.39 is 0 Å². The van der Waals surface area contributed by atoms with Crippen LogP contribution in [-0.2, 0) is 13.1 Å². The Labute approximate surface area is 213 Å². The van der Waals surface area contributed by atoms with Crippen LogP contribution in [0.2, 0.25) is 5.02 Å². The van der Waals surface area contributed by atoms with Crippen molar-refractivity contribution in [2.24, 2.45) is 4.99 Å². The summed E-state index contributed by atoms with van der Waals surface area (Å²) in [7, 11) is 0. The number of fused-ring (bicyclic) bond motifs is 3. The van der Waals surface area contributed by atoms with Crippen molar-refractivity contribution >= 4 is 28.6 Å². The van der Waals surface area contributed by atoms with Crippen LogP contribution < -0.4 is 0 Å². The maximum Gasteiger partial charge on any atom is 0.160 e. The molecular formula is C27H23ClN6S. The van der Waals surface area contributed by atoms with E-state index in [1.807, 2.05) is 43.7 Å². The van der Waals surface area contributed by atoms with Crippen LogP contribution in [0.15, 0.2) is 41.8 Å². The van der Waals surface area contributed by atoms with Crippen molar-refractivity contribution < 1.29 is 0 Å². The molecule has 4 heterocycles. The Morgan fingerprint density at radius 1 is 1.11 bits per heavy atom. The third-order valence-electron chi connectivity index (χ3n) is 5.88.